The van der Waals surface area contributed by atoms with Crippen LogP contribution >= 0.6 is 23.4 Å². The molecule has 0 aliphatic rings. The van der Waals surface area contributed by atoms with Crippen LogP contribution in [0.15, 0.2) is 18.2 Å². The van der Waals surface area contributed by atoms with E-state index in [9.17, 15) is 4.79 Å². The number of nitrogens with two attached hydrogens (primary N) is 1. The van der Waals surface area contributed by atoms with E-state index in [1.54, 1.807) is 18.2 Å². The Bertz CT molecular complexity index is 412. The van der Waals surface area contributed by atoms with E-state index in [0.717, 1.165) is 17.9 Å². The van der Waals surface area contributed by atoms with Crippen molar-refractivity contribution in [3.63, 3.8) is 0 Å². The Kier molecular flexibility index (Phi) is 6.36. The molecule has 0 aliphatic heterocycles. The van der Waals surface area contributed by atoms with Crippen molar-refractivity contribution >= 4 is 35.0 Å². The van der Waals surface area contributed by atoms with Crippen LogP contribution in [0.25, 0.3) is 0 Å². The molecule has 5 heteroatoms. The second-order valence-electron chi connectivity index (χ2n) is 4.09. The topological polar surface area (TPSA) is 55.1 Å². The lowest BCUT2D eigenvalue weighted by molar-refractivity contribution is 0.0940. The van der Waals surface area contributed by atoms with Gasteiger partial charge in [0.05, 0.1) is 5.56 Å². The predicted octanol–water partition coefficient (Wildman–Crippen LogP) is 3.18. The SMILES string of the molecule is CCSCCC(C)NC(=O)c1ccc(Cl)cc1N. The van der Waals surface area contributed by atoms with Gasteiger partial charge in [0.1, 0.15) is 0 Å². The number of benzene rings is 1. The van der Waals surface area contributed by atoms with Gasteiger partial charge in [-0.25, -0.2) is 0 Å². The minimum absolute atomic E-state index is 0.141. The molecular weight excluding hydrogens is 268 g/mol. The Morgan fingerprint density at radius 3 is 2.89 bits per heavy atom. The zero-order valence-corrected chi connectivity index (χ0v) is 12.3. The fourth-order valence-electron chi connectivity index (χ4n) is 1.52. The van der Waals surface area contributed by atoms with Crippen molar-refractivity contribution in [3.8, 4) is 0 Å². The minimum atomic E-state index is -0.141. The molecule has 1 atom stereocenters. The molecule has 0 spiro atoms. The van der Waals surface area contributed by atoms with Crippen molar-refractivity contribution in [1.29, 1.82) is 0 Å². The molecule has 0 heterocycles. The van der Waals surface area contributed by atoms with Crippen LogP contribution in [0.4, 0.5) is 5.69 Å². The molecule has 18 heavy (non-hydrogen) atoms. The van der Waals surface area contributed by atoms with Gasteiger partial charge in [-0.1, -0.05) is 18.5 Å². The van der Waals surface area contributed by atoms with Gasteiger partial charge in [-0.3, -0.25) is 4.79 Å². The Hall–Kier alpha value is -0.870. The van der Waals surface area contributed by atoms with Crippen LogP contribution in [0.2, 0.25) is 5.02 Å². The first-order chi connectivity index (χ1) is 8.54. The number of nitrogen functional groups attached to an aromatic ring is 1. The number of amides is 1. The summed E-state index contributed by atoms with van der Waals surface area (Å²) < 4.78 is 0. The van der Waals surface area contributed by atoms with Crippen LogP contribution in [0.3, 0.4) is 0 Å². The first kappa shape index (κ1) is 15.2. The normalized spacial score (nSPS) is 12.2. The van der Waals surface area contributed by atoms with Crippen LogP contribution in [-0.2, 0) is 0 Å². The molecule has 0 saturated carbocycles. The van der Waals surface area contributed by atoms with Crippen molar-refractivity contribution in [2.75, 3.05) is 17.2 Å². The lowest BCUT2D eigenvalue weighted by atomic mass is 10.1. The molecule has 1 aromatic rings. The number of carbonyl (C=O) groups is 1. The molecule has 0 bridgehead atoms. The summed E-state index contributed by atoms with van der Waals surface area (Å²) in [5, 5.41) is 3.48. The van der Waals surface area contributed by atoms with E-state index >= 15 is 0 Å². The highest BCUT2D eigenvalue weighted by atomic mass is 35.5. The number of thioether (sulfide) groups is 1. The second-order valence-corrected chi connectivity index (χ2v) is 5.92. The van der Waals surface area contributed by atoms with Gasteiger partial charge in [-0.15, -0.1) is 0 Å². The maximum atomic E-state index is 12.0. The Morgan fingerprint density at radius 1 is 1.56 bits per heavy atom. The van der Waals surface area contributed by atoms with Gasteiger partial charge in [-0.05, 0) is 43.0 Å². The number of rotatable bonds is 6. The average molecular weight is 287 g/mol. The van der Waals surface area contributed by atoms with Crippen molar-refractivity contribution < 1.29 is 4.79 Å². The molecule has 1 unspecified atom stereocenters. The van der Waals surface area contributed by atoms with Gasteiger partial charge in [0.15, 0.2) is 0 Å². The van der Waals surface area contributed by atoms with Gasteiger partial charge in [0, 0.05) is 16.8 Å². The third kappa shape index (κ3) is 4.78. The highest BCUT2D eigenvalue weighted by Crippen LogP contribution is 2.18. The molecule has 1 aromatic carbocycles. The molecule has 0 saturated heterocycles. The first-order valence-electron chi connectivity index (χ1n) is 5.98. The van der Waals surface area contributed by atoms with Gasteiger partial charge in [0.2, 0.25) is 0 Å². The molecule has 3 nitrogen and oxygen atoms in total. The van der Waals surface area contributed by atoms with Crippen LogP contribution in [0, 0.1) is 0 Å². The van der Waals surface area contributed by atoms with Crippen LogP contribution < -0.4 is 11.1 Å². The summed E-state index contributed by atoms with van der Waals surface area (Å²) >= 11 is 7.67. The summed E-state index contributed by atoms with van der Waals surface area (Å²) in [4.78, 5) is 12.0. The first-order valence-corrected chi connectivity index (χ1v) is 7.51. The fourth-order valence-corrected chi connectivity index (χ4v) is 2.51. The van der Waals surface area contributed by atoms with Gasteiger partial charge in [0.25, 0.3) is 5.91 Å². The number of anilines is 1. The average Bonchev–Trinajstić information content (AvgIpc) is 2.28. The van der Waals surface area contributed by atoms with E-state index in [2.05, 4.69) is 12.2 Å². The Balaban J connectivity index is 2.54. The number of hydrogen-bond donors (Lipinski definition) is 2. The van der Waals surface area contributed by atoms with Crippen LogP contribution in [0.1, 0.15) is 30.6 Å². The summed E-state index contributed by atoms with van der Waals surface area (Å²) in [7, 11) is 0. The minimum Gasteiger partial charge on any atom is -0.398 e. The quantitative estimate of drug-likeness (QED) is 0.624. The molecule has 0 aromatic heterocycles. The van der Waals surface area contributed by atoms with Crippen LogP contribution in [-0.4, -0.2) is 23.5 Å². The molecule has 0 aliphatic carbocycles. The maximum absolute atomic E-state index is 12.0. The van der Waals surface area contributed by atoms with E-state index in [1.165, 1.54) is 0 Å². The molecule has 1 rings (SSSR count). The van der Waals surface area contributed by atoms with Crippen molar-refractivity contribution in [3.05, 3.63) is 28.8 Å². The summed E-state index contributed by atoms with van der Waals surface area (Å²) in [5.41, 5.74) is 6.66. The van der Waals surface area contributed by atoms with Crippen molar-refractivity contribution in [2.24, 2.45) is 0 Å². The molecule has 3 N–H and O–H groups in total. The Labute approximate surface area is 117 Å². The number of halogens is 1. The van der Waals surface area contributed by atoms with E-state index in [-0.39, 0.29) is 11.9 Å². The van der Waals surface area contributed by atoms with Gasteiger partial charge < -0.3 is 11.1 Å². The van der Waals surface area contributed by atoms with Crippen LogP contribution in [0.5, 0.6) is 0 Å². The molecule has 1 amide bonds. The predicted molar refractivity (Wildman–Crippen MR) is 80.4 cm³/mol. The molecule has 0 fully saturated rings. The largest absolute Gasteiger partial charge is 0.398 e. The summed E-state index contributed by atoms with van der Waals surface area (Å²) in [5.74, 6) is 2.01. The second kappa shape index (κ2) is 7.54. The van der Waals surface area contributed by atoms with E-state index < -0.39 is 0 Å². The standard InChI is InChI=1S/C13H19ClN2OS/c1-3-18-7-6-9(2)16-13(17)11-5-4-10(14)8-12(11)15/h4-5,8-9H,3,6-7,15H2,1-2H3,(H,16,17). The lowest BCUT2D eigenvalue weighted by Crippen LogP contribution is -2.33. The maximum Gasteiger partial charge on any atom is 0.253 e. The summed E-state index contributed by atoms with van der Waals surface area (Å²) in [6.07, 6.45) is 0.956. The number of carbonyl (C=O) groups excluding carboxylic acids is 1. The van der Waals surface area contributed by atoms with Gasteiger partial charge in [-0.2, -0.15) is 11.8 Å². The third-order valence-corrected chi connectivity index (χ3v) is 3.70. The summed E-state index contributed by atoms with van der Waals surface area (Å²) in [6, 6.07) is 5.06. The van der Waals surface area contributed by atoms with E-state index in [1.807, 2.05) is 18.7 Å². The highest BCUT2D eigenvalue weighted by molar-refractivity contribution is 7.99. The smallest absolute Gasteiger partial charge is 0.253 e. The fraction of sp³-hybridized carbons (Fsp3) is 0.462. The summed E-state index contributed by atoms with van der Waals surface area (Å²) in [6.45, 7) is 4.13. The molecular formula is C13H19ClN2OS. The number of nitrogens with one attached hydrogen (secondary N) is 1. The van der Waals surface area contributed by atoms with E-state index in [0.29, 0.717) is 16.3 Å². The number of hydrogen-bond acceptors (Lipinski definition) is 3. The van der Waals surface area contributed by atoms with E-state index in [4.69, 9.17) is 17.3 Å². The lowest BCUT2D eigenvalue weighted by Gasteiger charge is -2.14. The van der Waals surface area contributed by atoms with Crippen molar-refractivity contribution in [1.82, 2.24) is 5.32 Å². The zero-order valence-electron chi connectivity index (χ0n) is 10.7. The monoisotopic (exact) mass is 286 g/mol. The Morgan fingerprint density at radius 2 is 2.28 bits per heavy atom. The zero-order chi connectivity index (χ0) is 13.5. The van der Waals surface area contributed by atoms with Crippen molar-refractivity contribution in [2.45, 2.75) is 26.3 Å². The van der Waals surface area contributed by atoms with Gasteiger partial charge >= 0.3 is 0 Å². The molecule has 0 radical (unpaired) electrons. The highest BCUT2D eigenvalue weighted by Gasteiger charge is 2.12. The molecule has 100 valence electrons. The third-order valence-electron chi connectivity index (χ3n) is 2.54.